The Hall–Kier alpha value is -1.53. The number of anilines is 1. The second-order valence-corrected chi connectivity index (χ2v) is 4.62. The van der Waals surface area contributed by atoms with Gasteiger partial charge in [0, 0.05) is 31.2 Å². The van der Waals surface area contributed by atoms with Crippen LogP contribution < -0.4 is 5.73 Å². The van der Waals surface area contributed by atoms with Crippen molar-refractivity contribution in [3.8, 4) is 6.07 Å². The molecule has 0 aromatic heterocycles. The Morgan fingerprint density at radius 1 is 1.29 bits per heavy atom. The molecule has 0 amide bonds. The van der Waals surface area contributed by atoms with Gasteiger partial charge in [0.2, 0.25) is 0 Å². The van der Waals surface area contributed by atoms with Crippen LogP contribution in [0.15, 0.2) is 24.3 Å². The second kappa shape index (κ2) is 5.70. The van der Waals surface area contributed by atoms with Crippen LogP contribution in [0.25, 0.3) is 0 Å². The minimum absolute atomic E-state index is 0.626. The molecule has 1 aliphatic rings. The lowest BCUT2D eigenvalue weighted by atomic mass is 10.1. The summed E-state index contributed by atoms with van der Waals surface area (Å²) in [4.78, 5) is 2.43. The maximum atomic E-state index is 8.65. The van der Waals surface area contributed by atoms with Gasteiger partial charge in [0.1, 0.15) is 0 Å². The van der Waals surface area contributed by atoms with Crippen LogP contribution in [0.3, 0.4) is 0 Å². The van der Waals surface area contributed by atoms with Gasteiger partial charge in [-0.15, -0.1) is 0 Å². The molecule has 17 heavy (non-hydrogen) atoms. The van der Waals surface area contributed by atoms with Crippen LogP contribution in [0, 0.1) is 11.3 Å². The second-order valence-electron chi connectivity index (χ2n) is 4.62. The summed E-state index contributed by atoms with van der Waals surface area (Å²) in [5, 5.41) is 8.65. The number of nitrogen functional groups attached to an aromatic ring is 1. The Kier molecular flexibility index (Phi) is 4.00. The summed E-state index contributed by atoms with van der Waals surface area (Å²) in [6.07, 6.45) is 4.18. The quantitative estimate of drug-likeness (QED) is 0.761. The molecule has 0 bridgehead atoms. The van der Waals surface area contributed by atoms with E-state index in [4.69, 9.17) is 11.0 Å². The molecule has 1 aromatic carbocycles. The van der Waals surface area contributed by atoms with E-state index in [1.807, 2.05) is 18.2 Å². The highest BCUT2D eigenvalue weighted by atomic mass is 15.2. The van der Waals surface area contributed by atoms with Crippen molar-refractivity contribution in [3.63, 3.8) is 0 Å². The van der Waals surface area contributed by atoms with E-state index >= 15 is 0 Å². The molecule has 2 N–H and O–H groups in total. The predicted molar refractivity (Wildman–Crippen MR) is 69.4 cm³/mol. The first-order valence-corrected chi connectivity index (χ1v) is 6.25. The van der Waals surface area contributed by atoms with E-state index in [2.05, 4.69) is 17.0 Å². The highest BCUT2D eigenvalue weighted by Crippen LogP contribution is 2.27. The number of hydrogen-bond donors (Lipinski definition) is 1. The van der Waals surface area contributed by atoms with Gasteiger partial charge in [-0.25, -0.2) is 0 Å². The van der Waals surface area contributed by atoms with E-state index in [-0.39, 0.29) is 0 Å². The first kappa shape index (κ1) is 11.9. The van der Waals surface area contributed by atoms with Crippen molar-refractivity contribution < 1.29 is 0 Å². The molecule has 0 atom stereocenters. The average molecular weight is 229 g/mol. The summed E-state index contributed by atoms with van der Waals surface area (Å²) in [5.74, 6) is 0. The van der Waals surface area contributed by atoms with Gasteiger partial charge in [0.15, 0.2) is 0 Å². The number of benzene rings is 1. The fraction of sp³-hybridized carbons (Fsp3) is 0.500. The van der Waals surface area contributed by atoms with Crippen molar-refractivity contribution in [3.05, 3.63) is 29.8 Å². The fourth-order valence-electron chi connectivity index (χ4n) is 2.14. The number of nitriles is 1. The van der Waals surface area contributed by atoms with Crippen LogP contribution in [-0.4, -0.2) is 24.0 Å². The lowest BCUT2D eigenvalue weighted by molar-refractivity contribution is 0.273. The Labute approximate surface area is 103 Å². The van der Waals surface area contributed by atoms with Crippen LogP contribution in [0.5, 0.6) is 0 Å². The molecule has 0 spiro atoms. The zero-order chi connectivity index (χ0) is 12.1. The highest BCUT2D eigenvalue weighted by Gasteiger charge is 2.28. The molecule has 0 unspecified atom stereocenters. The molecule has 1 fully saturated rings. The third-order valence-corrected chi connectivity index (χ3v) is 3.30. The number of rotatable bonds is 6. The summed E-state index contributed by atoms with van der Waals surface area (Å²) in [5.41, 5.74) is 8.02. The number of hydrogen-bond acceptors (Lipinski definition) is 3. The van der Waals surface area contributed by atoms with Crippen LogP contribution in [-0.2, 0) is 6.42 Å². The molecule has 3 heteroatoms. The number of nitrogens with zero attached hydrogens (tertiary/aromatic N) is 2. The lowest BCUT2D eigenvalue weighted by Gasteiger charge is -2.20. The Morgan fingerprint density at radius 2 is 2.06 bits per heavy atom. The average Bonchev–Trinajstić information content (AvgIpc) is 3.15. The Balaban J connectivity index is 1.87. The Morgan fingerprint density at radius 3 is 2.71 bits per heavy atom. The molecule has 0 heterocycles. The summed E-state index contributed by atoms with van der Waals surface area (Å²) in [6.45, 7) is 1.91. The molecular weight excluding hydrogens is 210 g/mol. The van der Waals surface area contributed by atoms with Crippen LogP contribution in [0.1, 0.15) is 24.8 Å². The molecule has 2 rings (SSSR count). The summed E-state index contributed by atoms with van der Waals surface area (Å²) in [7, 11) is 0. The van der Waals surface area contributed by atoms with Gasteiger partial charge in [0.05, 0.1) is 6.07 Å². The van der Waals surface area contributed by atoms with Gasteiger partial charge in [-0.3, -0.25) is 4.90 Å². The summed E-state index contributed by atoms with van der Waals surface area (Å²) >= 11 is 0. The third-order valence-electron chi connectivity index (χ3n) is 3.30. The van der Waals surface area contributed by atoms with E-state index in [0.29, 0.717) is 12.5 Å². The molecule has 0 radical (unpaired) electrons. The van der Waals surface area contributed by atoms with Crippen molar-refractivity contribution >= 4 is 5.69 Å². The van der Waals surface area contributed by atoms with Crippen molar-refractivity contribution in [2.75, 3.05) is 18.8 Å². The van der Waals surface area contributed by atoms with E-state index in [9.17, 15) is 0 Å². The Bertz CT molecular complexity index is 404. The van der Waals surface area contributed by atoms with Gasteiger partial charge < -0.3 is 5.73 Å². The van der Waals surface area contributed by atoms with Crippen molar-refractivity contribution in [2.24, 2.45) is 0 Å². The van der Waals surface area contributed by atoms with E-state index in [1.165, 1.54) is 18.4 Å². The standard InChI is InChI=1S/C14H19N3/c15-9-3-10-17(13-6-7-13)11-8-12-4-1-2-5-14(12)16/h1-2,4-5,13H,3,6-8,10-11,16H2. The summed E-state index contributed by atoms with van der Waals surface area (Å²) < 4.78 is 0. The highest BCUT2D eigenvalue weighted by molar-refractivity contribution is 5.46. The largest absolute Gasteiger partial charge is 0.399 e. The molecule has 0 saturated heterocycles. The summed E-state index contributed by atoms with van der Waals surface area (Å²) in [6, 6.07) is 11.0. The van der Waals surface area contributed by atoms with Gasteiger partial charge in [-0.1, -0.05) is 18.2 Å². The monoisotopic (exact) mass is 229 g/mol. The minimum Gasteiger partial charge on any atom is -0.399 e. The molecule has 0 aliphatic heterocycles. The van der Waals surface area contributed by atoms with E-state index < -0.39 is 0 Å². The SMILES string of the molecule is N#CCCN(CCc1ccccc1N)C1CC1. The smallest absolute Gasteiger partial charge is 0.0635 e. The molecule has 3 nitrogen and oxygen atoms in total. The first-order chi connectivity index (χ1) is 8.31. The van der Waals surface area contributed by atoms with Crippen LogP contribution >= 0.6 is 0 Å². The number of para-hydroxylation sites is 1. The molecule has 1 aliphatic carbocycles. The normalized spacial score (nSPS) is 14.8. The van der Waals surface area contributed by atoms with Crippen LogP contribution in [0.2, 0.25) is 0 Å². The maximum absolute atomic E-state index is 8.65. The first-order valence-electron chi connectivity index (χ1n) is 6.25. The minimum atomic E-state index is 0.626. The van der Waals surface area contributed by atoms with Crippen LogP contribution in [0.4, 0.5) is 5.69 Å². The lowest BCUT2D eigenvalue weighted by Crippen LogP contribution is -2.29. The molecule has 90 valence electrons. The fourth-order valence-corrected chi connectivity index (χ4v) is 2.14. The molecule has 1 saturated carbocycles. The van der Waals surface area contributed by atoms with Crippen molar-refractivity contribution in [2.45, 2.75) is 31.7 Å². The van der Waals surface area contributed by atoms with Gasteiger partial charge >= 0.3 is 0 Å². The van der Waals surface area contributed by atoms with Crippen molar-refractivity contribution in [1.82, 2.24) is 4.90 Å². The van der Waals surface area contributed by atoms with E-state index in [0.717, 1.165) is 25.2 Å². The maximum Gasteiger partial charge on any atom is 0.0635 e. The van der Waals surface area contributed by atoms with Gasteiger partial charge in [0.25, 0.3) is 0 Å². The van der Waals surface area contributed by atoms with E-state index in [1.54, 1.807) is 0 Å². The zero-order valence-electron chi connectivity index (χ0n) is 10.1. The number of nitrogens with two attached hydrogens (primary N) is 1. The third kappa shape index (κ3) is 3.47. The van der Waals surface area contributed by atoms with Gasteiger partial charge in [-0.2, -0.15) is 5.26 Å². The topological polar surface area (TPSA) is 53.0 Å². The molecule has 1 aromatic rings. The zero-order valence-corrected chi connectivity index (χ0v) is 10.1. The van der Waals surface area contributed by atoms with Crippen molar-refractivity contribution in [1.29, 1.82) is 5.26 Å². The van der Waals surface area contributed by atoms with Gasteiger partial charge in [-0.05, 0) is 30.9 Å². The predicted octanol–water partition coefficient (Wildman–Crippen LogP) is 2.19. The molecular formula is C14H19N3.